The Kier molecular flexibility index (Phi) is 8.14. The molecule has 0 aromatic rings. The second-order valence-corrected chi connectivity index (χ2v) is 10.2. The van der Waals surface area contributed by atoms with Crippen LogP contribution in [0.5, 0.6) is 0 Å². The number of nitrogens with zero attached hydrogens (tertiary/aromatic N) is 1. The van der Waals surface area contributed by atoms with Gasteiger partial charge in [-0.1, -0.05) is 20.8 Å². The van der Waals surface area contributed by atoms with Crippen LogP contribution < -0.4 is 0 Å². The van der Waals surface area contributed by atoms with Gasteiger partial charge in [-0.25, -0.2) is 0 Å². The van der Waals surface area contributed by atoms with Gasteiger partial charge in [0, 0.05) is 0 Å². The summed E-state index contributed by atoms with van der Waals surface area (Å²) in [6.45, 7) is 4.11. The number of hydrogen-bond acceptors (Lipinski definition) is 4. The molecule has 13 heteroatoms. The molecular formula is C9H24NO9P3. The summed E-state index contributed by atoms with van der Waals surface area (Å²) >= 11 is 0. The van der Waals surface area contributed by atoms with Gasteiger partial charge in [-0.3, -0.25) is 18.6 Å². The Bertz CT molecular complexity index is 423. The summed E-state index contributed by atoms with van der Waals surface area (Å²) in [4.78, 5) is 57.2. The first-order valence-corrected chi connectivity index (χ1v) is 11.7. The molecule has 0 amide bonds. The highest BCUT2D eigenvalue weighted by Gasteiger charge is 2.49. The molecule has 0 spiro atoms. The van der Waals surface area contributed by atoms with Crippen molar-refractivity contribution in [3.8, 4) is 0 Å². The maximum atomic E-state index is 11.6. The third-order valence-electron chi connectivity index (χ3n) is 3.29. The Morgan fingerprint density at radius 2 is 0.818 bits per heavy atom. The Morgan fingerprint density at radius 3 is 0.909 bits per heavy atom. The summed E-state index contributed by atoms with van der Waals surface area (Å²) in [5, 5.41) is 0. The van der Waals surface area contributed by atoms with Gasteiger partial charge in [0.25, 0.3) is 0 Å². The molecule has 0 aliphatic heterocycles. The van der Waals surface area contributed by atoms with E-state index in [0.717, 1.165) is 0 Å². The fraction of sp³-hybridized carbons (Fsp3) is 1.00. The quantitative estimate of drug-likeness (QED) is 0.315. The molecule has 0 aliphatic rings. The molecule has 0 saturated heterocycles. The molecule has 0 saturated carbocycles. The lowest BCUT2D eigenvalue weighted by Gasteiger charge is -2.42. The summed E-state index contributed by atoms with van der Waals surface area (Å²) in [5.74, 6) is -5.08. The van der Waals surface area contributed by atoms with Gasteiger partial charge in [0.05, 0.1) is 0 Å². The summed E-state index contributed by atoms with van der Waals surface area (Å²) in [6.07, 6.45) is -0.675. The largest absolute Gasteiger partial charge is 0.342 e. The highest BCUT2D eigenvalue weighted by molar-refractivity contribution is 7.54. The smallest absolute Gasteiger partial charge is 0.323 e. The SMILES string of the molecule is CCC(N(C(CC)P(=O)(O)O)C(CC)P(=O)(O)O)P(=O)(O)O. The minimum atomic E-state index is -4.87. The van der Waals surface area contributed by atoms with E-state index in [0.29, 0.717) is 4.90 Å². The molecule has 3 unspecified atom stereocenters. The van der Waals surface area contributed by atoms with Crippen LogP contribution in [0, 0.1) is 0 Å². The van der Waals surface area contributed by atoms with Crippen molar-refractivity contribution >= 4 is 22.8 Å². The molecule has 134 valence electrons. The van der Waals surface area contributed by atoms with E-state index < -0.39 is 40.1 Å². The van der Waals surface area contributed by atoms with E-state index in [-0.39, 0.29) is 19.3 Å². The van der Waals surface area contributed by atoms with Gasteiger partial charge in [0.2, 0.25) is 0 Å². The van der Waals surface area contributed by atoms with Crippen molar-refractivity contribution in [3.05, 3.63) is 0 Å². The van der Waals surface area contributed by atoms with Crippen LogP contribution in [0.15, 0.2) is 0 Å². The lowest BCUT2D eigenvalue weighted by atomic mass is 10.3. The molecule has 0 radical (unpaired) electrons. The van der Waals surface area contributed by atoms with Crippen LogP contribution in [0.2, 0.25) is 0 Å². The third-order valence-corrected chi connectivity index (χ3v) is 7.52. The van der Waals surface area contributed by atoms with E-state index in [1.807, 2.05) is 0 Å². The fourth-order valence-electron chi connectivity index (χ4n) is 2.46. The zero-order valence-corrected chi connectivity index (χ0v) is 15.2. The molecular weight excluding hydrogens is 359 g/mol. The molecule has 22 heavy (non-hydrogen) atoms. The topological polar surface area (TPSA) is 176 Å². The number of hydrogen-bond donors (Lipinski definition) is 6. The van der Waals surface area contributed by atoms with Crippen LogP contribution in [-0.4, -0.2) is 51.6 Å². The Hall–Kier alpha value is 0.410. The number of rotatable bonds is 9. The molecule has 0 fully saturated rings. The Morgan fingerprint density at radius 1 is 0.636 bits per heavy atom. The van der Waals surface area contributed by atoms with Crippen molar-refractivity contribution in [3.63, 3.8) is 0 Å². The van der Waals surface area contributed by atoms with Crippen LogP contribution in [0.25, 0.3) is 0 Å². The van der Waals surface area contributed by atoms with E-state index in [9.17, 15) is 43.1 Å². The summed E-state index contributed by atoms with van der Waals surface area (Å²) in [5.41, 5.74) is 0. The predicted molar refractivity (Wildman–Crippen MR) is 80.2 cm³/mol. The maximum absolute atomic E-state index is 11.6. The van der Waals surface area contributed by atoms with Crippen molar-refractivity contribution in [2.24, 2.45) is 0 Å². The predicted octanol–water partition coefficient (Wildman–Crippen LogP) is 1.03. The second kappa shape index (κ2) is 7.99. The molecule has 3 atom stereocenters. The Labute approximate surface area is 129 Å². The minimum Gasteiger partial charge on any atom is -0.323 e. The van der Waals surface area contributed by atoms with Crippen molar-refractivity contribution in [1.82, 2.24) is 4.90 Å². The van der Waals surface area contributed by atoms with Crippen molar-refractivity contribution in [2.45, 2.75) is 57.4 Å². The van der Waals surface area contributed by atoms with E-state index in [2.05, 4.69) is 0 Å². The minimum absolute atomic E-state index is 0.225. The van der Waals surface area contributed by atoms with Gasteiger partial charge in [0.1, 0.15) is 17.3 Å². The van der Waals surface area contributed by atoms with Gasteiger partial charge in [0.15, 0.2) is 0 Å². The molecule has 6 N–H and O–H groups in total. The fourth-order valence-corrected chi connectivity index (χ4v) is 6.21. The highest BCUT2D eigenvalue weighted by Crippen LogP contribution is 2.58. The van der Waals surface area contributed by atoms with Gasteiger partial charge in [-0.05, 0) is 19.3 Å². The molecule has 0 aliphatic carbocycles. The molecule has 10 nitrogen and oxygen atoms in total. The average molecular weight is 383 g/mol. The lowest BCUT2D eigenvalue weighted by molar-refractivity contribution is 0.133. The highest BCUT2D eigenvalue weighted by atomic mass is 31.2. The van der Waals surface area contributed by atoms with Gasteiger partial charge in [-0.15, -0.1) is 0 Å². The normalized spacial score (nSPS) is 18.3. The first-order chi connectivity index (χ1) is 9.71. The summed E-state index contributed by atoms with van der Waals surface area (Å²) < 4.78 is 34.9. The summed E-state index contributed by atoms with van der Waals surface area (Å²) in [7, 11) is -14.6. The maximum Gasteiger partial charge on any atom is 0.342 e. The van der Waals surface area contributed by atoms with Crippen molar-refractivity contribution in [1.29, 1.82) is 0 Å². The summed E-state index contributed by atoms with van der Waals surface area (Å²) in [6, 6.07) is 0. The molecule has 0 aromatic heterocycles. The van der Waals surface area contributed by atoms with Crippen molar-refractivity contribution in [2.75, 3.05) is 0 Å². The van der Waals surface area contributed by atoms with E-state index in [1.54, 1.807) is 0 Å². The molecule has 0 rings (SSSR count). The van der Waals surface area contributed by atoms with E-state index >= 15 is 0 Å². The zero-order valence-electron chi connectivity index (χ0n) is 12.6. The van der Waals surface area contributed by atoms with Gasteiger partial charge >= 0.3 is 22.8 Å². The van der Waals surface area contributed by atoms with Crippen LogP contribution in [0.3, 0.4) is 0 Å². The second-order valence-electron chi connectivity index (χ2n) is 4.88. The third kappa shape index (κ3) is 5.80. The van der Waals surface area contributed by atoms with Crippen LogP contribution in [0.4, 0.5) is 0 Å². The van der Waals surface area contributed by atoms with Gasteiger partial charge in [-0.2, -0.15) is 0 Å². The van der Waals surface area contributed by atoms with Crippen LogP contribution >= 0.6 is 22.8 Å². The lowest BCUT2D eigenvalue weighted by Crippen LogP contribution is -2.48. The first kappa shape index (κ1) is 22.4. The Balaban J connectivity index is 6.24. The monoisotopic (exact) mass is 383 g/mol. The zero-order chi connectivity index (χ0) is 17.9. The van der Waals surface area contributed by atoms with E-state index in [4.69, 9.17) is 0 Å². The van der Waals surface area contributed by atoms with Crippen LogP contribution in [-0.2, 0) is 13.7 Å². The molecule has 0 heterocycles. The van der Waals surface area contributed by atoms with Crippen LogP contribution in [0.1, 0.15) is 40.0 Å². The standard InChI is InChI=1S/C9H24NO9P3/c1-4-7(20(11,12)13)10(8(5-2)21(14,15)16)9(6-3)22(17,18)19/h7-9H,4-6H2,1-3H3,(H2,11,12,13)(H2,14,15,16)(H2,17,18,19). The average Bonchev–Trinajstić information content (AvgIpc) is 2.25. The van der Waals surface area contributed by atoms with Gasteiger partial charge < -0.3 is 29.4 Å². The molecule has 0 bridgehead atoms. The first-order valence-electron chi connectivity index (χ1n) is 6.64. The molecule has 0 aromatic carbocycles. The van der Waals surface area contributed by atoms with Crippen molar-refractivity contribution < 1.29 is 43.1 Å². The van der Waals surface area contributed by atoms with E-state index in [1.165, 1.54) is 20.8 Å².